The zero-order chi connectivity index (χ0) is 21.4. The standard InChI is InChI=1S/C22H25N5O3/c1-12-8-16(27-22(29)25-21(28)20(23)26-27)9-13(2)19(12)30-17-10-18(14(3)24-11-17)15-6-4-5-7-15/h8-11,15,24H,3-7H2,1-2H3,(H2,23,26)(H,25,28,29). The number of aromatic amines is 1. The van der Waals surface area contributed by atoms with Crippen LogP contribution in [0.4, 0.5) is 5.82 Å². The first kappa shape index (κ1) is 19.8. The monoisotopic (exact) mass is 407 g/mol. The summed E-state index contributed by atoms with van der Waals surface area (Å²) in [5.41, 5.74) is 8.49. The van der Waals surface area contributed by atoms with Gasteiger partial charge in [-0.1, -0.05) is 19.4 Å². The van der Waals surface area contributed by atoms with Gasteiger partial charge < -0.3 is 15.8 Å². The molecular formula is C22H25N5O3. The minimum absolute atomic E-state index is 0.270. The summed E-state index contributed by atoms with van der Waals surface area (Å²) in [4.78, 5) is 25.8. The first-order valence-electron chi connectivity index (χ1n) is 9.99. The number of nitrogens with one attached hydrogen (secondary N) is 2. The van der Waals surface area contributed by atoms with Crippen molar-refractivity contribution in [2.75, 3.05) is 5.73 Å². The summed E-state index contributed by atoms with van der Waals surface area (Å²) >= 11 is 0. The molecule has 8 heteroatoms. The zero-order valence-electron chi connectivity index (χ0n) is 17.1. The Morgan fingerprint density at radius 1 is 1.20 bits per heavy atom. The van der Waals surface area contributed by atoms with Gasteiger partial charge >= 0.3 is 5.69 Å². The Bertz CT molecular complexity index is 1170. The highest BCUT2D eigenvalue weighted by molar-refractivity contribution is 5.51. The number of aromatic nitrogens is 3. The van der Waals surface area contributed by atoms with Gasteiger partial charge in [0, 0.05) is 11.9 Å². The molecule has 2 heterocycles. The largest absolute Gasteiger partial charge is 0.455 e. The van der Waals surface area contributed by atoms with Gasteiger partial charge in [-0.25, -0.2) is 4.79 Å². The molecule has 1 aliphatic carbocycles. The lowest BCUT2D eigenvalue weighted by atomic mass is 9.93. The Morgan fingerprint density at radius 3 is 2.53 bits per heavy atom. The Morgan fingerprint density at radius 2 is 1.87 bits per heavy atom. The van der Waals surface area contributed by atoms with E-state index in [0.717, 1.165) is 21.5 Å². The van der Waals surface area contributed by atoms with Gasteiger partial charge in [-0.15, -0.1) is 5.10 Å². The summed E-state index contributed by atoms with van der Waals surface area (Å²) in [6.07, 6.45) is 8.72. The third-order valence-corrected chi connectivity index (χ3v) is 5.59. The number of anilines is 1. The van der Waals surface area contributed by atoms with Crippen LogP contribution in [0.1, 0.15) is 36.8 Å². The van der Waals surface area contributed by atoms with Crippen LogP contribution in [-0.2, 0) is 0 Å². The van der Waals surface area contributed by atoms with E-state index in [1.807, 2.05) is 20.0 Å². The molecule has 0 saturated heterocycles. The van der Waals surface area contributed by atoms with Crippen molar-refractivity contribution in [2.45, 2.75) is 39.5 Å². The number of nitrogens with zero attached hydrogens (tertiary/aromatic N) is 2. The maximum Gasteiger partial charge on any atom is 0.349 e. The third kappa shape index (κ3) is 3.68. The predicted octanol–water partition coefficient (Wildman–Crippen LogP) is 2.57. The van der Waals surface area contributed by atoms with Gasteiger partial charge in [0.15, 0.2) is 0 Å². The van der Waals surface area contributed by atoms with E-state index in [4.69, 9.17) is 10.5 Å². The number of nitrogen functional groups attached to an aromatic ring is 1. The molecule has 1 aromatic heterocycles. The van der Waals surface area contributed by atoms with E-state index in [2.05, 4.69) is 28.1 Å². The van der Waals surface area contributed by atoms with Gasteiger partial charge in [-0.2, -0.15) is 4.68 Å². The number of benzene rings is 1. The number of rotatable bonds is 4. The van der Waals surface area contributed by atoms with Crippen molar-refractivity contribution >= 4 is 5.82 Å². The third-order valence-electron chi connectivity index (χ3n) is 5.59. The van der Waals surface area contributed by atoms with Crippen molar-refractivity contribution in [3.8, 4) is 11.4 Å². The van der Waals surface area contributed by atoms with E-state index >= 15 is 0 Å². The van der Waals surface area contributed by atoms with Gasteiger partial charge in [-0.3, -0.25) is 9.78 Å². The van der Waals surface area contributed by atoms with Crippen molar-refractivity contribution in [1.82, 2.24) is 20.1 Å². The number of H-pyrrole nitrogens is 1. The normalized spacial score (nSPS) is 16.8. The van der Waals surface area contributed by atoms with E-state index in [0.29, 0.717) is 23.1 Å². The number of nitrogens with two attached hydrogens (primary N) is 1. The van der Waals surface area contributed by atoms with Crippen LogP contribution in [0, 0.1) is 19.8 Å². The number of hydrogen-bond donors (Lipinski definition) is 3. The Labute approximate surface area is 173 Å². The highest BCUT2D eigenvalue weighted by atomic mass is 16.5. The number of hydrogen-bond acceptors (Lipinski definition) is 6. The van der Waals surface area contributed by atoms with Gasteiger partial charge in [0.25, 0.3) is 5.56 Å². The Hall–Kier alpha value is -3.55. The zero-order valence-corrected chi connectivity index (χ0v) is 17.1. The molecule has 4 rings (SSSR count). The maximum absolute atomic E-state index is 12.1. The molecule has 30 heavy (non-hydrogen) atoms. The number of allylic oxidation sites excluding steroid dienone is 2. The summed E-state index contributed by atoms with van der Waals surface area (Å²) in [6, 6.07) is 3.54. The fourth-order valence-electron chi connectivity index (χ4n) is 4.10. The van der Waals surface area contributed by atoms with Gasteiger partial charge in [0.05, 0.1) is 5.69 Å². The molecule has 8 nitrogen and oxygen atoms in total. The van der Waals surface area contributed by atoms with Crippen molar-refractivity contribution in [2.24, 2.45) is 5.92 Å². The SMILES string of the molecule is C=C1NC=C(Oc2c(C)cc(-n3nc(N)c(=O)[nH]c3=O)cc2C)C=C1C1CCCC1. The summed E-state index contributed by atoms with van der Waals surface area (Å²) in [7, 11) is 0. The lowest BCUT2D eigenvalue weighted by Crippen LogP contribution is -2.33. The van der Waals surface area contributed by atoms with E-state index in [1.165, 1.54) is 31.3 Å². The number of ether oxygens (including phenoxy) is 1. The Balaban J connectivity index is 1.65. The smallest absolute Gasteiger partial charge is 0.349 e. The van der Waals surface area contributed by atoms with Crippen LogP contribution < -0.4 is 27.0 Å². The number of aryl methyl sites for hydroxylation is 2. The van der Waals surface area contributed by atoms with Crippen molar-refractivity contribution in [3.05, 3.63) is 80.0 Å². The van der Waals surface area contributed by atoms with E-state index in [-0.39, 0.29) is 5.82 Å². The van der Waals surface area contributed by atoms with Crippen LogP contribution in [0.25, 0.3) is 5.69 Å². The number of dihydropyridines is 1. The molecule has 0 bridgehead atoms. The molecule has 156 valence electrons. The van der Waals surface area contributed by atoms with Crippen LogP contribution in [-0.4, -0.2) is 14.8 Å². The molecule has 4 N–H and O–H groups in total. The maximum atomic E-state index is 12.1. The second-order valence-corrected chi connectivity index (χ2v) is 7.82. The fraction of sp³-hybridized carbons (Fsp3) is 0.318. The fourth-order valence-corrected chi connectivity index (χ4v) is 4.10. The summed E-state index contributed by atoms with van der Waals surface area (Å²) in [5, 5.41) is 7.11. The second-order valence-electron chi connectivity index (χ2n) is 7.82. The van der Waals surface area contributed by atoms with Crippen LogP contribution >= 0.6 is 0 Å². The van der Waals surface area contributed by atoms with Crippen molar-refractivity contribution in [1.29, 1.82) is 0 Å². The molecule has 0 unspecified atom stereocenters. The minimum atomic E-state index is -0.701. The molecule has 1 aliphatic heterocycles. The van der Waals surface area contributed by atoms with Crippen LogP contribution in [0.3, 0.4) is 0 Å². The van der Waals surface area contributed by atoms with Gasteiger partial charge in [0.1, 0.15) is 11.5 Å². The van der Waals surface area contributed by atoms with Gasteiger partial charge in [-0.05, 0) is 67.5 Å². The summed E-state index contributed by atoms with van der Waals surface area (Å²) in [5.74, 6) is 1.66. The van der Waals surface area contributed by atoms with Crippen molar-refractivity contribution in [3.63, 3.8) is 0 Å². The summed E-state index contributed by atoms with van der Waals surface area (Å²) < 4.78 is 7.28. The first-order chi connectivity index (χ1) is 14.3. The molecule has 2 aromatic rings. The molecule has 0 radical (unpaired) electrons. The molecular weight excluding hydrogens is 382 g/mol. The first-order valence-corrected chi connectivity index (χ1v) is 9.99. The van der Waals surface area contributed by atoms with Crippen LogP contribution in [0.5, 0.6) is 5.75 Å². The van der Waals surface area contributed by atoms with Gasteiger partial charge in [0.2, 0.25) is 5.82 Å². The molecule has 0 atom stereocenters. The van der Waals surface area contributed by atoms with E-state index < -0.39 is 11.2 Å². The molecule has 1 fully saturated rings. The van der Waals surface area contributed by atoms with Crippen LogP contribution in [0.2, 0.25) is 0 Å². The van der Waals surface area contributed by atoms with E-state index in [9.17, 15) is 9.59 Å². The van der Waals surface area contributed by atoms with E-state index in [1.54, 1.807) is 12.1 Å². The molecule has 0 amide bonds. The predicted molar refractivity (Wildman–Crippen MR) is 115 cm³/mol. The highest BCUT2D eigenvalue weighted by Gasteiger charge is 2.24. The summed E-state index contributed by atoms with van der Waals surface area (Å²) in [6.45, 7) is 7.91. The minimum Gasteiger partial charge on any atom is -0.455 e. The lowest BCUT2D eigenvalue weighted by Gasteiger charge is -2.23. The topological polar surface area (TPSA) is 115 Å². The van der Waals surface area contributed by atoms with Crippen molar-refractivity contribution < 1.29 is 4.74 Å². The molecule has 2 aliphatic rings. The average molecular weight is 407 g/mol. The molecule has 1 saturated carbocycles. The molecule has 0 spiro atoms. The Kier molecular flexibility index (Phi) is 5.07. The lowest BCUT2D eigenvalue weighted by molar-refractivity contribution is 0.428. The average Bonchev–Trinajstić information content (AvgIpc) is 3.23. The molecule has 1 aromatic carbocycles. The van der Waals surface area contributed by atoms with Crippen LogP contribution in [0.15, 0.2) is 57.6 Å². The second kappa shape index (κ2) is 7.70. The quantitative estimate of drug-likeness (QED) is 0.718. The highest BCUT2D eigenvalue weighted by Crippen LogP contribution is 2.36.